The summed E-state index contributed by atoms with van der Waals surface area (Å²) < 4.78 is 105. The number of carboxylic acid groups (broad SMARTS) is 2. The summed E-state index contributed by atoms with van der Waals surface area (Å²) in [5.74, 6) is -4.65. The van der Waals surface area contributed by atoms with Crippen LogP contribution in [0, 0.1) is 6.92 Å². The Morgan fingerprint density at radius 2 is 1.42 bits per heavy atom. The van der Waals surface area contributed by atoms with Gasteiger partial charge in [-0.05, 0) is 26.5 Å². The maximum absolute atomic E-state index is 13.1. The fourth-order valence-electron chi connectivity index (χ4n) is 3.10. The predicted octanol–water partition coefficient (Wildman–Crippen LogP) is 4.88. The first-order valence-corrected chi connectivity index (χ1v) is 11.6. The maximum atomic E-state index is 13.1. The number of H-pyrrole nitrogens is 1. The zero-order valence-electron chi connectivity index (χ0n) is 22.4. The molecule has 19 heteroatoms. The van der Waals surface area contributed by atoms with Gasteiger partial charge in [0.25, 0.3) is 5.56 Å². The molecule has 0 fully saturated rings. The minimum absolute atomic E-state index is 0.0993. The highest BCUT2D eigenvalue weighted by atomic mass is 19.4. The molecule has 0 saturated carbocycles. The van der Waals surface area contributed by atoms with Crippen molar-refractivity contribution in [1.29, 1.82) is 0 Å². The summed E-state index contributed by atoms with van der Waals surface area (Å²) in [4.78, 5) is 42.2. The third-order valence-electron chi connectivity index (χ3n) is 5.14. The van der Waals surface area contributed by atoms with Gasteiger partial charge in [-0.25, -0.2) is 19.6 Å². The lowest BCUT2D eigenvalue weighted by atomic mass is 10.1. The van der Waals surface area contributed by atoms with E-state index in [1.54, 1.807) is 18.3 Å². The number of benzene rings is 1. The second-order valence-corrected chi connectivity index (χ2v) is 8.49. The van der Waals surface area contributed by atoms with Crippen LogP contribution in [0.4, 0.5) is 39.5 Å². The molecule has 0 saturated heterocycles. The van der Waals surface area contributed by atoms with E-state index < -0.39 is 47.3 Å². The molecule has 0 atom stereocenters. The van der Waals surface area contributed by atoms with Crippen LogP contribution >= 0.6 is 0 Å². The maximum Gasteiger partial charge on any atom is 0.490 e. The van der Waals surface area contributed by atoms with Crippen LogP contribution in [-0.2, 0) is 35.4 Å². The van der Waals surface area contributed by atoms with E-state index in [-0.39, 0.29) is 5.82 Å². The highest BCUT2D eigenvalue weighted by molar-refractivity contribution is 5.73. The van der Waals surface area contributed by atoms with Crippen LogP contribution < -0.4 is 5.56 Å². The molecule has 10 nitrogen and oxygen atoms in total. The number of alkyl halides is 9. The Balaban J connectivity index is 0.000000548. The van der Waals surface area contributed by atoms with E-state index in [9.17, 15) is 44.3 Å². The van der Waals surface area contributed by atoms with E-state index in [4.69, 9.17) is 19.8 Å². The Labute approximate surface area is 236 Å². The molecule has 43 heavy (non-hydrogen) atoms. The quantitative estimate of drug-likeness (QED) is 0.327. The van der Waals surface area contributed by atoms with Gasteiger partial charge in [-0.15, -0.1) is 0 Å². The average molecular weight is 633 g/mol. The molecule has 0 unspecified atom stereocenters. The minimum atomic E-state index is -5.08. The second-order valence-electron chi connectivity index (χ2n) is 8.49. The van der Waals surface area contributed by atoms with Crippen LogP contribution in [-0.4, -0.2) is 66.0 Å². The second kappa shape index (κ2) is 14.7. The molecule has 0 bridgehead atoms. The fourth-order valence-corrected chi connectivity index (χ4v) is 3.10. The minimum Gasteiger partial charge on any atom is -0.475 e. The summed E-state index contributed by atoms with van der Waals surface area (Å²) in [5.41, 5.74) is -0.995. The molecule has 3 aromatic rings. The van der Waals surface area contributed by atoms with Crippen molar-refractivity contribution in [2.24, 2.45) is 0 Å². The third kappa shape index (κ3) is 11.8. The Morgan fingerprint density at radius 1 is 0.930 bits per heavy atom. The monoisotopic (exact) mass is 633 g/mol. The van der Waals surface area contributed by atoms with Crippen molar-refractivity contribution in [3.8, 4) is 11.4 Å². The molecule has 238 valence electrons. The van der Waals surface area contributed by atoms with Gasteiger partial charge in [0.05, 0.1) is 6.54 Å². The van der Waals surface area contributed by atoms with E-state index in [0.29, 0.717) is 18.7 Å². The molecule has 0 amide bonds. The van der Waals surface area contributed by atoms with Crippen molar-refractivity contribution in [3.05, 3.63) is 69.7 Å². The molecule has 3 rings (SSSR count). The molecular weight excluding hydrogens is 609 g/mol. The lowest BCUT2D eigenvalue weighted by Crippen LogP contribution is -2.21. The van der Waals surface area contributed by atoms with Crippen molar-refractivity contribution < 1.29 is 59.3 Å². The SMILES string of the molecule is CCn1ccnc1CN(C)Cc1ccc(-c2nc(C(F)(F)F)c(C)c(=O)[nH]2)cc1.O=C(O)C(F)(F)F.O=C(O)C(F)(F)F. The molecule has 2 heterocycles. The number of rotatable bonds is 6. The molecule has 2 aromatic heterocycles. The number of carboxylic acids is 2. The number of aromatic amines is 1. The van der Waals surface area contributed by atoms with Gasteiger partial charge in [0.1, 0.15) is 11.6 Å². The number of aromatic nitrogens is 4. The first kappa shape index (κ1) is 36.6. The molecular formula is C24H24F9N5O5. The van der Waals surface area contributed by atoms with E-state index in [2.05, 4.69) is 31.3 Å². The largest absolute Gasteiger partial charge is 0.490 e. The van der Waals surface area contributed by atoms with E-state index in [0.717, 1.165) is 24.9 Å². The summed E-state index contributed by atoms with van der Waals surface area (Å²) >= 11 is 0. The zero-order valence-corrected chi connectivity index (χ0v) is 22.4. The summed E-state index contributed by atoms with van der Waals surface area (Å²) in [5, 5.41) is 14.2. The number of halogens is 9. The van der Waals surface area contributed by atoms with Crippen molar-refractivity contribution in [3.63, 3.8) is 0 Å². The van der Waals surface area contributed by atoms with Gasteiger partial charge in [-0.2, -0.15) is 39.5 Å². The Bertz CT molecular complexity index is 1410. The molecule has 0 aliphatic heterocycles. The van der Waals surface area contributed by atoms with Gasteiger partial charge in [-0.3, -0.25) is 9.69 Å². The number of hydrogen-bond acceptors (Lipinski definition) is 6. The molecule has 0 spiro atoms. The van der Waals surface area contributed by atoms with Crippen LogP contribution in [0.25, 0.3) is 11.4 Å². The zero-order chi connectivity index (χ0) is 33.3. The highest BCUT2D eigenvalue weighted by Crippen LogP contribution is 2.30. The van der Waals surface area contributed by atoms with Crippen LogP contribution in [0.5, 0.6) is 0 Å². The lowest BCUT2D eigenvalue weighted by Gasteiger charge is -2.17. The number of aliphatic carboxylic acids is 2. The van der Waals surface area contributed by atoms with Gasteiger partial charge < -0.3 is 19.8 Å². The van der Waals surface area contributed by atoms with Crippen LogP contribution in [0.3, 0.4) is 0 Å². The number of aryl methyl sites for hydroxylation is 1. The van der Waals surface area contributed by atoms with Crippen molar-refractivity contribution in [2.75, 3.05) is 7.05 Å². The fraction of sp³-hybridized carbons (Fsp3) is 0.375. The normalized spacial score (nSPS) is 11.7. The standard InChI is InChI=1S/C20H22F3N5O.2C2HF3O2/c1-4-28-10-9-24-16(28)12-27(3)11-14-5-7-15(8-6-14)18-25-17(20(21,22)23)13(2)19(29)26-18;2*3-2(4,5)1(6)7/h5-10H,4,11-12H2,1-3H3,(H,25,26,29);2*(H,6,7). The first-order valence-electron chi connectivity index (χ1n) is 11.6. The average Bonchev–Trinajstić information content (AvgIpc) is 3.31. The van der Waals surface area contributed by atoms with Gasteiger partial charge in [-0.1, -0.05) is 24.3 Å². The predicted molar refractivity (Wildman–Crippen MR) is 130 cm³/mol. The van der Waals surface area contributed by atoms with E-state index in [1.165, 1.54) is 0 Å². The highest BCUT2D eigenvalue weighted by Gasteiger charge is 2.39. The molecule has 0 aliphatic rings. The van der Waals surface area contributed by atoms with Gasteiger partial charge in [0, 0.05) is 36.6 Å². The number of hydrogen-bond donors (Lipinski definition) is 3. The van der Waals surface area contributed by atoms with Crippen molar-refractivity contribution in [1.82, 2.24) is 24.4 Å². The Kier molecular flexibility index (Phi) is 12.5. The molecule has 0 aliphatic carbocycles. The third-order valence-corrected chi connectivity index (χ3v) is 5.14. The summed E-state index contributed by atoms with van der Waals surface area (Å²) in [6.07, 6.45) is -11.1. The van der Waals surface area contributed by atoms with Crippen LogP contribution in [0.2, 0.25) is 0 Å². The Hall–Kier alpha value is -4.42. The van der Waals surface area contributed by atoms with Gasteiger partial charge >= 0.3 is 30.5 Å². The topological polar surface area (TPSA) is 141 Å². The first-order chi connectivity index (χ1) is 19.6. The summed E-state index contributed by atoms with van der Waals surface area (Å²) in [7, 11) is 1.97. The van der Waals surface area contributed by atoms with Crippen LogP contribution in [0.1, 0.15) is 29.6 Å². The number of nitrogens with zero attached hydrogens (tertiary/aromatic N) is 4. The Morgan fingerprint density at radius 3 is 1.84 bits per heavy atom. The summed E-state index contributed by atoms with van der Waals surface area (Å²) in [6.45, 7) is 5.32. The molecule has 0 radical (unpaired) electrons. The van der Waals surface area contributed by atoms with Gasteiger partial charge in [0.15, 0.2) is 5.69 Å². The van der Waals surface area contributed by atoms with Crippen molar-refractivity contribution in [2.45, 2.75) is 52.0 Å². The van der Waals surface area contributed by atoms with E-state index in [1.807, 2.05) is 25.4 Å². The number of imidazole rings is 1. The molecule has 3 N–H and O–H groups in total. The number of nitrogens with one attached hydrogen (secondary N) is 1. The number of carbonyl (C=O) groups is 2. The van der Waals surface area contributed by atoms with Gasteiger partial charge in [0.2, 0.25) is 0 Å². The molecule has 1 aromatic carbocycles. The van der Waals surface area contributed by atoms with Crippen LogP contribution in [0.15, 0.2) is 41.5 Å². The van der Waals surface area contributed by atoms with E-state index >= 15 is 0 Å². The summed E-state index contributed by atoms with van der Waals surface area (Å²) in [6, 6.07) is 6.93. The lowest BCUT2D eigenvalue weighted by molar-refractivity contribution is -0.193. The smallest absolute Gasteiger partial charge is 0.475 e. The van der Waals surface area contributed by atoms with Crippen molar-refractivity contribution >= 4 is 11.9 Å².